The number of alkyl halides is 3. The fraction of sp³-hybridized carbons (Fsp3) is 0.364. The Labute approximate surface area is 167 Å². The summed E-state index contributed by atoms with van der Waals surface area (Å²) in [6.45, 7) is 4.44. The monoisotopic (exact) mass is 404 g/mol. The van der Waals surface area contributed by atoms with Crippen LogP contribution in [0.3, 0.4) is 0 Å². The number of anilines is 1. The smallest absolute Gasteiger partial charge is 0.338 e. The van der Waals surface area contributed by atoms with Crippen LogP contribution in [0.2, 0.25) is 0 Å². The highest BCUT2D eigenvalue weighted by Gasteiger charge is 2.33. The van der Waals surface area contributed by atoms with Crippen LogP contribution in [0.15, 0.2) is 42.5 Å². The molecule has 3 rings (SSSR count). The number of hydrogen-bond acceptors (Lipinski definition) is 2. The Hall–Kier alpha value is -2.83. The highest BCUT2D eigenvalue weighted by atomic mass is 19.4. The molecule has 2 aromatic carbocycles. The summed E-state index contributed by atoms with van der Waals surface area (Å²) in [5.74, 6) is -1.07. The molecule has 0 aromatic heterocycles. The van der Waals surface area contributed by atoms with Gasteiger partial charge in [-0.05, 0) is 62.1 Å². The van der Waals surface area contributed by atoms with Gasteiger partial charge in [0.15, 0.2) is 0 Å². The summed E-state index contributed by atoms with van der Waals surface area (Å²) in [5, 5.41) is 2.92. The summed E-state index contributed by atoms with van der Waals surface area (Å²) in [6.07, 6.45) is -3.26. The van der Waals surface area contributed by atoms with Crippen LogP contribution in [0.1, 0.15) is 39.9 Å². The molecule has 0 saturated carbocycles. The average Bonchev–Trinajstić information content (AvgIpc) is 2.69. The highest BCUT2D eigenvalue weighted by Crippen LogP contribution is 2.30. The van der Waals surface area contributed by atoms with Gasteiger partial charge in [-0.15, -0.1) is 0 Å². The first-order valence-electron chi connectivity index (χ1n) is 9.50. The van der Waals surface area contributed by atoms with E-state index in [-0.39, 0.29) is 18.0 Å². The number of carbonyl (C=O) groups is 2. The standard InChI is InChI=1S/C22H23F3N2O2/c1-14-8-9-15(2)19(11-14)26-20(28)17-6-4-10-27(13-17)21(29)16-5-3-7-18(12-16)22(23,24)25/h3,5,7-9,11-12,17H,4,6,10,13H2,1-2H3,(H,26,28)/t17-/m1/s1. The molecule has 1 saturated heterocycles. The lowest BCUT2D eigenvalue weighted by Gasteiger charge is -2.32. The highest BCUT2D eigenvalue weighted by molar-refractivity contribution is 5.96. The van der Waals surface area contributed by atoms with E-state index in [1.165, 1.54) is 17.0 Å². The SMILES string of the molecule is Cc1ccc(C)c(NC(=O)[C@@H]2CCCN(C(=O)c3cccc(C(F)(F)F)c3)C2)c1. The molecule has 0 aliphatic carbocycles. The van der Waals surface area contributed by atoms with E-state index in [1.807, 2.05) is 32.0 Å². The van der Waals surface area contributed by atoms with Crippen molar-refractivity contribution in [3.8, 4) is 0 Å². The van der Waals surface area contributed by atoms with Crippen molar-refractivity contribution < 1.29 is 22.8 Å². The third-order valence-corrected chi connectivity index (χ3v) is 5.17. The maximum Gasteiger partial charge on any atom is 0.416 e. The van der Waals surface area contributed by atoms with E-state index in [2.05, 4.69) is 5.32 Å². The van der Waals surface area contributed by atoms with Crippen LogP contribution in [0.5, 0.6) is 0 Å². The molecule has 1 heterocycles. The van der Waals surface area contributed by atoms with Crippen LogP contribution in [0, 0.1) is 19.8 Å². The number of benzene rings is 2. The minimum Gasteiger partial charge on any atom is -0.338 e. The Kier molecular flexibility index (Phi) is 5.96. The van der Waals surface area contributed by atoms with Crippen molar-refractivity contribution in [1.82, 2.24) is 4.90 Å². The summed E-state index contributed by atoms with van der Waals surface area (Å²) in [7, 11) is 0. The zero-order chi connectivity index (χ0) is 21.2. The quantitative estimate of drug-likeness (QED) is 0.798. The number of nitrogens with one attached hydrogen (secondary N) is 1. The number of carbonyl (C=O) groups excluding carboxylic acids is 2. The minimum absolute atomic E-state index is 0.0181. The number of nitrogens with zero attached hydrogens (tertiary/aromatic N) is 1. The second-order valence-electron chi connectivity index (χ2n) is 7.48. The maximum atomic E-state index is 12.9. The molecule has 154 valence electrons. The van der Waals surface area contributed by atoms with Gasteiger partial charge < -0.3 is 10.2 Å². The number of rotatable bonds is 3. The summed E-state index contributed by atoms with van der Waals surface area (Å²) < 4.78 is 38.8. The molecule has 0 bridgehead atoms. The van der Waals surface area contributed by atoms with E-state index in [1.54, 1.807) is 0 Å². The summed E-state index contributed by atoms with van der Waals surface area (Å²) in [6, 6.07) is 10.2. The third kappa shape index (κ3) is 4.96. The van der Waals surface area contributed by atoms with Crippen molar-refractivity contribution in [2.24, 2.45) is 5.92 Å². The molecule has 1 atom stereocenters. The van der Waals surface area contributed by atoms with E-state index in [0.29, 0.717) is 19.4 Å². The molecule has 1 fully saturated rings. The van der Waals surface area contributed by atoms with Crippen LogP contribution in [0.25, 0.3) is 0 Å². The first-order valence-corrected chi connectivity index (χ1v) is 9.50. The van der Waals surface area contributed by atoms with E-state index in [0.717, 1.165) is 28.9 Å². The van der Waals surface area contributed by atoms with Gasteiger partial charge in [0.25, 0.3) is 5.91 Å². The molecule has 0 unspecified atom stereocenters. The second-order valence-corrected chi connectivity index (χ2v) is 7.48. The fourth-order valence-electron chi connectivity index (χ4n) is 3.49. The van der Waals surface area contributed by atoms with Crippen molar-refractivity contribution in [1.29, 1.82) is 0 Å². The zero-order valence-electron chi connectivity index (χ0n) is 16.3. The van der Waals surface area contributed by atoms with Crippen LogP contribution in [-0.4, -0.2) is 29.8 Å². The van der Waals surface area contributed by atoms with Gasteiger partial charge >= 0.3 is 6.18 Å². The van der Waals surface area contributed by atoms with Gasteiger partial charge in [-0.2, -0.15) is 13.2 Å². The molecule has 29 heavy (non-hydrogen) atoms. The molecule has 7 heteroatoms. The van der Waals surface area contributed by atoms with E-state index in [9.17, 15) is 22.8 Å². The Morgan fingerprint density at radius 3 is 2.59 bits per heavy atom. The number of halogens is 3. The summed E-state index contributed by atoms with van der Waals surface area (Å²) in [5.41, 5.74) is 1.82. The van der Waals surface area contributed by atoms with Gasteiger partial charge in [0.2, 0.25) is 5.91 Å². The van der Waals surface area contributed by atoms with Crippen molar-refractivity contribution in [3.05, 3.63) is 64.7 Å². The largest absolute Gasteiger partial charge is 0.416 e. The lowest BCUT2D eigenvalue weighted by molar-refractivity contribution is -0.137. The summed E-state index contributed by atoms with van der Waals surface area (Å²) in [4.78, 5) is 26.9. The average molecular weight is 404 g/mol. The predicted molar refractivity (Wildman–Crippen MR) is 105 cm³/mol. The fourth-order valence-corrected chi connectivity index (χ4v) is 3.49. The van der Waals surface area contributed by atoms with Gasteiger partial charge in [0.05, 0.1) is 11.5 Å². The molecule has 0 radical (unpaired) electrons. The molecular formula is C22H23F3N2O2. The second kappa shape index (κ2) is 8.27. The molecule has 2 aromatic rings. The molecule has 1 aliphatic rings. The summed E-state index contributed by atoms with van der Waals surface area (Å²) >= 11 is 0. The number of amides is 2. The van der Waals surface area contributed by atoms with Crippen molar-refractivity contribution in [3.63, 3.8) is 0 Å². The van der Waals surface area contributed by atoms with E-state index < -0.39 is 23.6 Å². The molecule has 1 N–H and O–H groups in total. The van der Waals surface area contributed by atoms with Gasteiger partial charge in [-0.3, -0.25) is 9.59 Å². The van der Waals surface area contributed by atoms with Gasteiger partial charge in [-0.25, -0.2) is 0 Å². The van der Waals surface area contributed by atoms with Crippen LogP contribution in [0.4, 0.5) is 18.9 Å². The van der Waals surface area contributed by atoms with Crippen LogP contribution in [-0.2, 0) is 11.0 Å². The Morgan fingerprint density at radius 1 is 1.10 bits per heavy atom. The van der Waals surface area contributed by atoms with Gasteiger partial charge in [0, 0.05) is 24.3 Å². The van der Waals surface area contributed by atoms with Crippen molar-refractivity contribution >= 4 is 17.5 Å². The maximum absolute atomic E-state index is 12.9. The molecule has 1 aliphatic heterocycles. The van der Waals surface area contributed by atoms with Gasteiger partial charge in [0.1, 0.15) is 0 Å². The Balaban J connectivity index is 1.71. The van der Waals surface area contributed by atoms with Crippen molar-refractivity contribution in [2.45, 2.75) is 32.9 Å². The predicted octanol–water partition coefficient (Wildman–Crippen LogP) is 4.81. The minimum atomic E-state index is -4.51. The van der Waals surface area contributed by atoms with Crippen molar-refractivity contribution in [2.75, 3.05) is 18.4 Å². The Bertz CT molecular complexity index is 925. The lowest BCUT2D eigenvalue weighted by atomic mass is 9.96. The lowest BCUT2D eigenvalue weighted by Crippen LogP contribution is -2.43. The molecule has 0 spiro atoms. The number of aryl methyl sites for hydroxylation is 2. The third-order valence-electron chi connectivity index (χ3n) is 5.17. The number of hydrogen-bond donors (Lipinski definition) is 1. The van der Waals surface area contributed by atoms with E-state index >= 15 is 0 Å². The number of likely N-dealkylation sites (tertiary alicyclic amines) is 1. The topological polar surface area (TPSA) is 49.4 Å². The van der Waals surface area contributed by atoms with Gasteiger partial charge in [-0.1, -0.05) is 18.2 Å². The van der Waals surface area contributed by atoms with Crippen LogP contribution >= 0.6 is 0 Å². The molecule has 4 nitrogen and oxygen atoms in total. The molecule has 2 amide bonds. The number of piperidine rings is 1. The van der Waals surface area contributed by atoms with E-state index in [4.69, 9.17) is 0 Å². The Morgan fingerprint density at radius 2 is 1.86 bits per heavy atom. The first-order chi connectivity index (χ1) is 13.6. The molecular weight excluding hydrogens is 381 g/mol. The normalized spacial score (nSPS) is 17.1. The van der Waals surface area contributed by atoms with Crippen LogP contribution < -0.4 is 5.32 Å². The zero-order valence-corrected chi connectivity index (χ0v) is 16.3. The first kappa shape index (κ1) is 20.9.